The highest BCUT2D eigenvalue weighted by Crippen LogP contribution is 2.09. The van der Waals surface area contributed by atoms with E-state index < -0.39 is 16.1 Å². The van der Waals surface area contributed by atoms with Gasteiger partial charge in [-0.05, 0) is 18.6 Å². The number of amides is 2. The van der Waals surface area contributed by atoms with Crippen LogP contribution in [-0.4, -0.2) is 24.1 Å². The maximum absolute atomic E-state index is 11.8. The number of sulfonamides is 1. The van der Waals surface area contributed by atoms with Crippen LogP contribution < -0.4 is 4.72 Å². The number of halogens is 1. The van der Waals surface area contributed by atoms with Crippen LogP contribution >= 0.6 is 22.9 Å². The number of hydrogen-bond donors (Lipinski definition) is 1. The Bertz CT molecular complexity index is 476. The Hall–Kier alpha value is -0.830. The quantitative estimate of drug-likeness (QED) is 0.654. The van der Waals surface area contributed by atoms with Crippen LogP contribution in [0.15, 0.2) is 35.2 Å². The van der Waals surface area contributed by atoms with E-state index in [2.05, 4.69) is 0 Å². The van der Waals surface area contributed by atoms with Crippen molar-refractivity contribution in [2.24, 2.45) is 0 Å². The van der Waals surface area contributed by atoms with E-state index in [-0.39, 0.29) is 4.90 Å². The molecule has 0 aliphatic heterocycles. The third kappa shape index (κ3) is 4.15. The molecule has 0 radical (unpaired) electrons. The number of carbonyl (C=O) groups is 1. The molecule has 94 valence electrons. The van der Waals surface area contributed by atoms with Gasteiger partial charge in [0.15, 0.2) is 0 Å². The van der Waals surface area contributed by atoms with Gasteiger partial charge in [0.2, 0.25) is 0 Å². The van der Waals surface area contributed by atoms with Crippen molar-refractivity contribution in [1.29, 1.82) is 0 Å². The molecule has 7 heteroatoms. The molecule has 0 atom stereocenters. The molecule has 0 unspecified atom stereocenters. The third-order valence-corrected chi connectivity index (χ3v) is 4.17. The van der Waals surface area contributed by atoms with Crippen molar-refractivity contribution in [3.8, 4) is 0 Å². The van der Waals surface area contributed by atoms with Gasteiger partial charge in [-0.1, -0.05) is 25.1 Å². The van der Waals surface area contributed by atoms with Gasteiger partial charge in [0, 0.05) is 6.54 Å². The molecule has 0 fully saturated rings. The zero-order valence-electron chi connectivity index (χ0n) is 9.26. The van der Waals surface area contributed by atoms with Gasteiger partial charge < -0.3 is 0 Å². The summed E-state index contributed by atoms with van der Waals surface area (Å²) in [5.74, 6) is 0. The standard InChI is InChI=1S/C10H13IN2O3S/c1-2-8-13(11)10(14)12-17(15,16)9-6-4-3-5-7-9/h3-7H,2,8H2,1H3,(H,12,14). The molecule has 2 amide bonds. The molecule has 0 saturated carbocycles. The minimum atomic E-state index is -3.77. The normalized spacial score (nSPS) is 10.9. The Morgan fingerprint density at radius 3 is 2.47 bits per heavy atom. The van der Waals surface area contributed by atoms with Gasteiger partial charge in [-0.2, -0.15) is 0 Å². The molecule has 0 bridgehead atoms. The van der Waals surface area contributed by atoms with E-state index in [4.69, 9.17) is 0 Å². The Kier molecular flexibility index (Phi) is 5.19. The average Bonchev–Trinajstić information content (AvgIpc) is 2.30. The zero-order chi connectivity index (χ0) is 12.9. The maximum atomic E-state index is 11.8. The molecular weight excluding hydrogens is 355 g/mol. The van der Waals surface area contributed by atoms with Crippen molar-refractivity contribution in [2.45, 2.75) is 18.2 Å². The SMILES string of the molecule is CCCN(I)C(=O)NS(=O)(=O)c1ccccc1. The lowest BCUT2D eigenvalue weighted by Crippen LogP contribution is -2.38. The molecule has 0 aromatic heterocycles. The van der Waals surface area contributed by atoms with E-state index in [1.54, 1.807) is 41.1 Å². The van der Waals surface area contributed by atoms with Crippen LogP contribution in [0.3, 0.4) is 0 Å². The summed E-state index contributed by atoms with van der Waals surface area (Å²) >= 11 is 1.78. The molecule has 5 nitrogen and oxygen atoms in total. The van der Waals surface area contributed by atoms with Gasteiger partial charge in [-0.3, -0.25) is 3.11 Å². The minimum absolute atomic E-state index is 0.0784. The second kappa shape index (κ2) is 6.20. The molecule has 1 N–H and O–H groups in total. The summed E-state index contributed by atoms with van der Waals surface area (Å²) in [6.45, 7) is 2.40. The Morgan fingerprint density at radius 1 is 1.35 bits per heavy atom. The Labute approximate surface area is 115 Å². The van der Waals surface area contributed by atoms with Gasteiger partial charge in [0.1, 0.15) is 0 Å². The molecule has 0 aliphatic carbocycles. The van der Waals surface area contributed by atoms with Crippen molar-refractivity contribution >= 4 is 38.9 Å². The topological polar surface area (TPSA) is 66.5 Å². The van der Waals surface area contributed by atoms with Gasteiger partial charge in [-0.25, -0.2) is 17.9 Å². The zero-order valence-corrected chi connectivity index (χ0v) is 12.2. The number of hydrogen-bond acceptors (Lipinski definition) is 3. The van der Waals surface area contributed by atoms with Crippen molar-refractivity contribution in [3.63, 3.8) is 0 Å². The predicted octanol–water partition coefficient (Wildman–Crippen LogP) is 2.15. The van der Waals surface area contributed by atoms with E-state index >= 15 is 0 Å². The molecule has 0 aliphatic rings. The molecule has 17 heavy (non-hydrogen) atoms. The molecule has 0 spiro atoms. The number of benzene rings is 1. The average molecular weight is 368 g/mol. The number of urea groups is 1. The lowest BCUT2D eigenvalue weighted by Gasteiger charge is -2.14. The molecule has 0 heterocycles. The first-order chi connectivity index (χ1) is 7.97. The smallest absolute Gasteiger partial charge is 0.266 e. The summed E-state index contributed by atoms with van der Waals surface area (Å²) in [6.07, 6.45) is 0.766. The molecule has 1 rings (SSSR count). The summed E-state index contributed by atoms with van der Waals surface area (Å²) < 4.78 is 26.9. The van der Waals surface area contributed by atoms with Crippen LogP contribution in [0.25, 0.3) is 0 Å². The van der Waals surface area contributed by atoms with E-state index in [1.165, 1.54) is 15.2 Å². The van der Waals surface area contributed by atoms with E-state index in [1.807, 2.05) is 11.6 Å². The van der Waals surface area contributed by atoms with Crippen LogP contribution in [0.5, 0.6) is 0 Å². The highest BCUT2D eigenvalue weighted by molar-refractivity contribution is 14.1. The summed E-state index contributed by atoms with van der Waals surface area (Å²) in [5.41, 5.74) is 0. The van der Waals surface area contributed by atoms with Gasteiger partial charge >= 0.3 is 6.03 Å². The second-order valence-corrected chi connectivity index (χ2v) is 6.16. The number of nitrogens with one attached hydrogen (secondary N) is 1. The molecule has 1 aromatic carbocycles. The monoisotopic (exact) mass is 368 g/mol. The highest BCUT2D eigenvalue weighted by atomic mass is 127. The minimum Gasteiger partial charge on any atom is -0.266 e. The van der Waals surface area contributed by atoms with Crippen molar-refractivity contribution in [3.05, 3.63) is 30.3 Å². The van der Waals surface area contributed by atoms with Gasteiger partial charge in [0.25, 0.3) is 10.0 Å². The fourth-order valence-electron chi connectivity index (χ4n) is 1.12. The predicted molar refractivity (Wildman–Crippen MR) is 73.2 cm³/mol. The Morgan fingerprint density at radius 2 is 1.94 bits per heavy atom. The summed E-state index contributed by atoms with van der Waals surface area (Å²) in [5, 5.41) is 0. The van der Waals surface area contributed by atoms with Crippen LogP contribution in [0, 0.1) is 0 Å². The fourth-order valence-corrected chi connectivity index (χ4v) is 2.86. The van der Waals surface area contributed by atoms with Crippen LogP contribution in [-0.2, 0) is 10.0 Å². The highest BCUT2D eigenvalue weighted by Gasteiger charge is 2.19. The van der Waals surface area contributed by atoms with E-state index in [0.717, 1.165) is 6.42 Å². The van der Waals surface area contributed by atoms with Crippen molar-refractivity contribution in [2.75, 3.05) is 6.54 Å². The van der Waals surface area contributed by atoms with E-state index in [0.29, 0.717) is 6.54 Å². The lowest BCUT2D eigenvalue weighted by atomic mass is 10.4. The summed E-state index contributed by atoms with van der Waals surface area (Å²) in [7, 11) is -3.77. The third-order valence-electron chi connectivity index (χ3n) is 1.92. The van der Waals surface area contributed by atoms with Gasteiger partial charge in [0.05, 0.1) is 27.8 Å². The van der Waals surface area contributed by atoms with Crippen molar-refractivity contribution in [1.82, 2.24) is 7.84 Å². The van der Waals surface area contributed by atoms with Crippen molar-refractivity contribution < 1.29 is 13.2 Å². The number of rotatable bonds is 4. The largest absolute Gasteiger partial charge is 0.340 e. The number of carbonyl (C=O) groups excluding carboxylic acids is 1. The Balaban J connectivity index is 2.78. The lowest BCUT2D eigenvalue weighted by molar-refractivity contribution is 0.234. The maximum Gasteiger partial charge on any atom is 0.340 e. The molecule has 0 saturated heterocycles. The summed E-state index contributed by atoms with van der Waals surface area (Å²) in [6, 6.07) is 7.17. The van der Waals surface area contributed by atoms with Gasteiger partial charge in [-0.15, -0.1) is 0 Å². The second-order valence-electron chi connectivity index (χ2n) is 3.31. The first kappa shape index (κ1) is 14.2. The first-order valence-electron chi connectivity index (χ1n) is 5.02. The molecular formula is C10H13IN2O3S. The first-order valence-corrected chi connectivity index (χ1v) is 7.47. The fraction of sp³-hybridized carbons (Fsp3) is 0.300. The van der Waals surface area contributed by atoms with Crippen LogP contribution in [0.1, 0.15) is 13.3 Å². The van der Waals surface area contributed by atoms with Crippen LogP contribution in [0.4, 0.5) is 4.79 Å². The molecule has 1 aromatic rings. The number of nitrogens with zero attached hydrogens (tertiary/aromatic N) is 1. The summed E-state index contributed by atoms with van der Waals surface area (Å²) in [4.78, 5) is 11.6. The van der Waals surface area contributed by atoms with E-state index in [9.17, 15) is 13.2 Å². The van der Waals surface area contributed by atoms with Crippen LogP contribution in [0.2, 0.25) is 0 Å².